The zero-order chi connectivity index (χ0) is 13.1. The van der Waals surface area contributed by atoms with Crippen LogP contribution in [0.2, 0.25) is 0 Å². The largest absolute Gasteiger partial charge is 0.369 e. The highest BCUT2D eigenvalue weighted by Crippen LogP contribution is 2.30. The highest BCUT2D eigenvalue weighted by atomic mass is 32.2. The van der Waals surface area contributed by atoms with E-state index in [1.54, 1.807) is 6.92 Å². The first kappa shape index (κ1) is 13.1. The number of amides is 1. The third-order valence-corrected chi connectivity index (χ3v) is 4.60. The molecule has 2 aromatic rings. The lowest BCUT2D eigenvalue weighted by molar-refractivity contribution is -0.117. The Morgan fingerprint density at radius 3 is 2.67 bits per heavy atom. The maximum Gasteiger partial charge on any atom is 0.230 e. The molecule has 0 aliphatic carbocycles. The van der Waals surface area contributed by atoms with Gasteiger partial charge in [0, 0.05) is 10.9 Å². The van der Waals surface area contributed by atoms with Crippen LogP contribution in [0.4, 0.5) is 0 Å². The fourth-order valence-corrected chi connectivity index (χ4v) is 3.30. The van der Waals surface area contributed by atoms with Gasteiger partial charge in [0.05, 0.1) is 10.9 Å². The number of carbonyl (C=O) groups is 1. The Morgan fingerprint density at radius 1 is 1.39 bits per heavy atom. The van der Waals surface area contributed by atoms with Gasteiger partial charge in [-0.1, -0.05) is 41.6 Å². The van der Waals surface area contributed by atoms with Crippen molar-refractivity contribution in [1.29, 1.82) is 0 Å². The molecule has 18 heavy (non-hydrogen) atoms. The van der Waals surface area contributed by atoms with Gasteiger partial charge < -0.3 is 5.73 Å². The Bertz CT molecular complexity index is 548. The van der Waals surface area contributed by atoms with Crippen LogP contribution in [0.5, 0.6) is 0 Å². The quantitative estimate of drug-likeness (QED) is 0.874. The summed E-state index contributed by atoms with van der Waals surface area (Å²) in [5, 5.41) is 1.75. The van der Waals surface area contributed by atoms with Gasteiger partial charge in [-0.3, -0.25) is 4.79 Å². The Balaban J connectivity index is 2.15. The molecule has 94 valence electrons. The number of nitrogens with two attached hydrogens (primary N) is 1. The van der Waals surface area contributed by atoms with E-state index in [2.05, 4.69) is 36.2 Å². The van der Waals surface area contributed by atoms with E-state index >= 15 is 0 Å². The lowest BCUT2D eigenvalue weighted by Gasteiger charge is -2.02. The highest BCUT2D eigenvalue weighted by molar-refractivity contribution is 8.02. The summed E-state index contributed by atoms with van der Waals surface area (Å²) in [4.78, 5) is 15.5. The molecule has 2 N–H and O–H groups in total. The van der Waals surface area contributed by atoms with Crippen LogP contribution in [0.15, 0.2) is 34.0 Å². The molecule has 0 aliphatic heterocycles. The van der Waals surface area contributed by atoms with Crippen LogP contribution < -0.4 is 5.73 Å². The Morgan fingerprint density at radius 2 is 2.06 bits per heavy atom. The van der Waals surface area contributed by atoms with Gasteiger partial charge >= 0.3 is 0 Å². The standard InChI is InChI=1S/C13H14N2OS2/c1-8-3-5-10(6-4-8)11-7-17-13(15-11)18-9(2)12(14)16/h3-7,9H,1-2H3,(H2,14,16)/t9-/m1/s1. The lowest BCUT2D eigenvalue weighted by Crippen LogP contribution is -2.22. The molecule has 0 saturated carbocycles. The summed E-state index contributed by atoms with van der Waals surface area (Å²) in [6.07, 6.45) is 0. The van der Waals surface area contributed by atoms with Gasteiger partial charge in [0.15, 0.2) is 4.34 Å². The van der Waals surface area contributed by atoms with Crippen LogP contribution in [0.1, 0.15) is 12.5 Å². The van der Waals surface area contributed by atoms with Crippen molar-refractivity contribution in [1.82, 2.24) is 4.98 Å². The number of hydrogen-bond acceptors (Lipinski definition) is 4. The predicted molar refractivity (Wildman–Crippen MR) is 76.8 cm³/mol. The van der Waals surface area contributed by atoms with E-state index in [0.717, 1.165) is 15.6 Å². The summed E-state index contributed by atoms with van der Waals surface area (Å²) < 4.78 is 0.872. The van der Waals surface area contributed by atoms with Gasteiger partial charge in [0.25, 0.3) is 0 Å². The first-order valence-corrected chi connectivity index (χ1v) is 7.31. The van der Waals surface area contributed by atoms with E-state index in [1.165, 1.54) is 28.7 Å². The third-order valence-electron chi connectivity index (χ3n) is 2.51. The number of primary amides is 1. The summed E-state index contributed by atoms with van der Waals surface area (Å²) in [7, 11) is 0. The van der Waals surface area contributed by atoms with Crippen molar-refractivity contribution < 1.29 is 4.79 Å². The molecule has 1 amide bonds. The molecule has 0 bridgehead atoms. The van der Waals surface area contributed by atoms with Crippen molar-refractivity contribution in [2.24, 2.45) is 5.73 Å². The number of benzene rings is 1. The van der Waals surface area contributed by atoms with Gasteiger partial charge in [0.2, 0.25) is 5.91 Å². The lowest BCUT2D eigenvalue weighted by atomic mass is 10.1. The maximum absolute atomic E-state index is 11.0. The fourth-order valence-electron chi connectivity index (χ4n) is 1.38. The summed E-state index contributed by atoms with van der Waals surface area (Å²) in [5.41, 5.74) is 8.50. The molecule has 0 aliphatic rings. The van der Waals surface area contributed by atoms with E-state index < -0.39 is 0 Å². The summed E-state index contributed by atoms with van der Waals surface area (Å²) in [5.74, 6) is -0.313. The van der Waals surface area contributed by atoms with Crippen molar-refractivity contribution in [3.05, 3.63) is 35.2 Å². The zero-order valence-corrected chi connectivity index (χ0v) is 11.8. The monoisotopic (exact) mass is 278 g/mol. The number of nitrogens with zero attached hydrogens (tertiary/aromatic N) is 1. The number of thiazole rings is 1. The highest BCUT2D eigenvalue weighted by Gasteiger charge is 2.13. The molecule has 0 spiro atoms. The second kappa shape index (κ2) is 5.54. The second-order valence-corrected chi connectivity index (χ2v) is 6.47. The Labute approximate surface area is 114 Å². The molecule has 1 heterocycles. The number of aromatic nitrogens is 1. The van der Waals surface area contributed by atoms with Crippen molar-refractivity contribution >= 4 is 29.0 Å². The van der Waals surface area contributed by atoms with E-state index in [1.807, 2.05) is 5.38 Å². The molecule has 1 aromatic heterocycles. The topological polar surface area (TPSA) is 56.0 Å². The number of carbonyl (C=O) groups excluding carboxylic acids is 1. The van der Waals surface area contributed by atoms with E-state index in [4.69, 9.17) is 5.73 Å². The van der Waals surface area contributed by atoms with Gasteiger partial charge in [-0.2, -0.15) is 0 Å². The minimum Gasteiger partial charge on any atom is -0.369 e. The van der Waals surface area contributed by atoms with E-state index in [0.29, 0.717) is 0 Å². The summed E-state index contributed by atoms with van der Waals surface area (Å²) in [6, 6.07) is 8.23. The van der Waals surface area contributed by atoms with E-state index in [-0.39, 0.29) is 11.2 Å². The molecule has 0 saturated heterocycles. The van der Waals surface area contributed by atoms with Gasteiger partial charge in [-0.05, 0) is 13.8 Å². The first-order valence-electron chi connectivity index (χ1n) is 5.55. The predicted octanol–water partition coefficient (Wildman–Crippen LogP) is 3.08. The Hall–Kier alpha value is -1.33. The fraction of sp³-hybridized carbons (Fsp3) is 0.231. The second-order valence-electron chi connectivity index (χ2n) is 4.03. The molecule has 0 unspecified atom stereocenters. The molecule has 5 heteroatoms. The van der Waals surface area contributed by atoms with Crippen molar-refractivity contribution in [2.45, 2.75) is 23.4 Å². The van der Waals surface area contributed by atoms with Crippen molar-refractivity contribution in [2.75, 3.05) is 0 Å². The normalized spacial score (nSPS) is 12.3. The molecule has 3 nitrogen and oxygen atoms in total. The zero-order valence-electron chi connectivity index (χ0n) is 10.2. The average molecular weight is 278 g/mol. The average Bonchev–Trinajstić information content (AvgIpc) is 2.78. The molecular formula is C13H14N2OS2. The van der Waals surface area contributed by atoms with Crippen LogP contribution in [0.3, 0.4) is 0 Å². The first-order chi connectivity index (χ1) is 8.56. The number of rotatable bonds is 4. The summed E-state index contributed by atoms with van der Waals surface area (Å²) in [6.45, 7) is 3.85. The molecular weight excluding hydrogens is 264 g/mol. The minimum absolute atomic E-state index is 0.248. The van der Waals surface area contributed by atoms with Gasteiger partial charge in [-0.15, -0.1) is 11.3 Å². The van der Waals surface area contributed by atoms with Crippen molar-refractivity contribution in [3.8, 4) is 11.3 Å². The van der Waals surface area contributed by atoms with Crippen molar-refractivity contribution in [3.63, 3.8) is 0 Å². The smallest absolute Gasteiger partial charge is 0.230 e. The minimum atomic E-state index is -0.313. The van der Waals surface area contributed by atoms with Crippen LogP contribution in [0.25, 0.3) is 11.3 Å². The SMILES string of the molecule is Cc1ccc(-c2csc(S[C@H](C)C(N)=O)n2)cc1. The molecule has 2 rings (SSSR count). The van der Waals surface area contributed by atoms with Crippen LogP contribution in [0, 0.1) is 6.92 Å². The number of thioether (sulfide) groups is 1. The molecule has 1 atom stereocenters. The summed E-state index contributed by atoms with van der Waals surface area (Å²) >= 11 is 2.94. The molecule has 0 radical (unpaired) electrons. The van der Waals surface area contributed by atoms with E-state index in [9.17, 15) is 4.79 Å². The van der Waals surface area contributed by atoms with Gasteiger partial charge in [-0.25, -0.2) is 4.98 Å². The van der Waals surface area contributed by atoms with Gasteiger partial charge in [0.1, 0.15) is 0 Å². The Kier molecular flexibility index (Phi) is 4.04. The van der Waals surface area contributed by atoms with Crippen LogP contribution in [-0.2, 0) is 4.79 Å². The van der Waals surface area contributed by atoms with Crippen LogP contribution in [-0.4, -0.2) is 16.1 Å². The molecule has 1 aromatic carbocycles. The van der Waals surface area contributed by atoms with Crippen LogP contribution >= 0.6 is 23.1 Å². The third kappa shape index (κ3) is 3.11. The molecule has 0 fully saturated rings. The number of hydrogen-bond donors (Lipinski definition) is 1. The number of aryl methyl sites for hydroxylation is 1. The maximum atomic E-state index is 11.0.